The van der Waals surface area contributed by atoms with Crippen molar-refractivity contribution in [1.29, 1.82) is 0 Å². The average Bonchev–Trinajstić information content (AvgIpc) is 2.81. The Labute approximate surface area is 239 Å². The topological polar surface area (TPSA) is 142 Å². The van der Waals surface area contributed by atoms with Gasteiger partial charge in [0, 0.05) is 23.8 Å². The molecule has 39 heavy (non-hydrogen) atoms. The minimum atomic E-state index is -0.842. The minimum absolute atomic E-state index is 0.0562. The molecule has 0 unspecified atom stereocenters. The lowest BCUT2D eigenvalue weighted by molar-refractivity contribution is -0.157. The van der Waals surface area contributed by atoms with Crippen LogP contribution in [0.1, 0.15) is 93.4 Å². The Morgan fingerprint density at radius 1 is 0.923 bits per heavy atom. The van der Waals surface area contributed by atoms with E-state index in [1.165, 1.54) is 28.5 Å². The summed E-state index contributed by atoms with van der Waals surface area (Å²) in [7, 11) is 0. The number of carbonyl (C=O) groups is 4. The van der Waals surface area contributed by atoms with Crippen LogP contribution in [0.25, 0.3) is 0 Å². The smallest absolute Gasteiger partial charge is 0.307 e. The molecular formula is C30H51N3O5S. The van der Waals surface area contributed by atoms with Crippen LogP contribution in [0.3, 0.4) is 0 Å². The fraction of sp³-hybridized carbons (Fsp3) is 0.667. The summed E-state index contributed by atoms with van der Waals surface area (Å²) in [5.41, 5.74) is 14.1. The molecule has 0 bridgehead atoms. The largest absolute Gasteiger partial charge is 0.460 e. The highest BCUT2D eigenvalue weighted by atomic mass is 32.2. The maximum Gasteiger partial charge on any atom is 0.307 e. The van der Waals surface area contributed by atoms with E-state index in [1.807, 2.05) is 0 Å². The summed E-state index contributed by atoms with van der Waals surface area (Å²) in [4.78, 5) is 49.1. The monoisotopic (exact) mass is 565 g/mol. The van der Waals surface area contributed by atoms with Crippen LogP contribution in [0, 0.1) is 5.92 Å². The van der Waals surface area contributed by atoms with Gasteiger partial charge in [0.1, 0.15) is 5.60 Å². The van der Waals surface area contributed by atoms with Crippen LogP contribution in [0.5, 0.6) is 0 Å². The second-order valence-electron chi connectivity index (χ2n) is 11.2. The fourth-order valence-electron chi connectivity index (χ4n) is 3.60. The second kappa shape index (κ2) is 19.6. The van der Waals surface area contributed by atoms with Crippen LogP contribution in [0.15, 0.2) is 34.9 Å². The van der Waals surface area contributed by atoms with Gasteiger partial charge in [-0.1, -0.05) is 34.9 Å². The number of hydrogen-bond donors (Lipinski definition) is 3. The molecule has 2 amide bonds. The van der Waals surface area contributed by atoms with Gasteiger partial charge in [0.05, 0.1) is 19.0 Å². The first-order chi connectivity index (χ1) is 18.1. The average molecular weight is 566 g/mol. The van der Waals surface area contributed by atoms with Crippen LogP contribution in [-0.2, 0) is 23.9 Å². The van der Waals surface area contributed by atoms with Crippen LogP contribution in [0.2, 0.25) is 0 Å². The van der Waals surface area contributed by atoms with Crippen molar-refractivity contribution in [3.05, 3.63) is 34.9 Å². The number of rotatable bonds is 19. The fourth-order valence-corrected chi connectivity index (χ4v) is 4.64. The number of amides is 2. The predicted molar refractivity (Wildman–Crippen MR) is 161 cm³/mol. The number of nitrogens with one attached hydrogen (secondary N) is 1. The molecule has 2 atom stereocenters. The van der Waals surface area contributed by atoms with Gasteiger partial charge in [-0.3, -0.25) is 19.2 Å². The van der Waals surface area contributed by atoms with Gasteiger partial charge >= 0.3 is 5.97 Å². The number of primary amides is 1. The van der Waals surface area contributed by atoms with Crippen LogP contribution in [0.4, 0.5) is 0 Å². The first-order valence-corrected chi connectivity index (χ1v) is 14.9. The van der Waals surface area contributed by atoms with Crippen molar-refractivity contribution in [2.75, 3.05) is 18.1 Å². The number of hydrogen-bond acceptors (Lipinski definition) is 7. The molecule has 0 aromatic heterocycles. The van der Waals surface area contributed by atoms with Gasteiger partial charge < -0.3 is 21.5 Å². The number of esters is 1. The Balaban J connectivity index is 4.96. The van der Waals surface area contributed by atoms with Crippen molar-refractivity contribution in [2.24, 2.45) is 17.4 Å². The standard InChI is InChI=1S/C30H51N3O5S/c1-21(2)10-8-11-22(3)12-9-13-23(4)16-17-39-20-25(26(34)19-31)33-29(37)24(14-15-27(32)35)18-28(36)38-30(5,6)7/h10,12,16,24-25H,8-9,11,13-15,17-20,31H2,1-7H3,(H2,32,35)(H,33,37)/b22-12+,23-16+/t24-,25-/m0/s1. The van der Waals surface area contributed by atoms with Gasteiger partial charge in [-0.25, -0.2) is 0 Å². The molecule has 0 aliphatic heterocycles. The lowest BCUT2D eigenvalue weighted by Crippen LogP contribution is -2.48. The number of carbonyl (C=O) groups excluding carboxylic acids is 4. The molecule has 0 heterocycles. The van der Waals surface area contributed by atoms with Crippen LogP contribution >= 0.6 is 11.8 Å². The quantitative estimate of drug-likeness (QED) is 0.116. The normalized spacial score (nSPS) is 13.8. The molecule has 0 spiro atoms. The Hall–Kier alpha value is -2.39. The highest BCUT2D eigenvalue weighted by molar-refractivity contribution is 7.99. The van der Waals surface area contributed by atoms with E-state index in [2.05, 4.69) is 51.2 Å². The molecule has 0 saturated carbocycles. The summed E-state index contributed by atoms with van der Waals surface area (Å²) in [6, 6.07) is -0.790. The number of ether oxygens (including phenoxy) is 1. The molecule has 9 heteroatoms. The van der Waals surface area contributed by atoms with Crippen molar-refractivity contribution in [2.45, 2.75) is 105 Å². The Kier molecular flexibility index (Phi) is 18.4. The Morgan fingerprint density at radius 3 is 2.05 bits per heavy atom. The van der Waals surface area contributed by atoms with Crippen molar-refractivity contribution in [1.82, 2.24) is 5.32 Å². The summed E-state index contributed by atoms with van der Waals surface area (Å²) in [5, 5.41) is 2.74. The van der Waals surface area contributed by atoms with Gasteiger partial charge in [0.15, 0.2) is 5.78 Å². The zero-order valence-corrected chi connectivity index (χ0v) is 25.9. The summed E-state index contributed by atoms with van der Waals surface area (Å²) in [5.74, 6) is -1.71. The second-order valence-corrected chi connectivity index (χ2v) is 12.3. The Bertz CT molecular complexity index is 899. The zero-order chi connectivity index (χ0) is 30.0. The predicted octanol–water partition coefficient (Wildman–Crippen LogP) is 4.76. The van der Waals surface area contributed by atoms with E-state index in [0.29, 0.717) is 11.5 Å². The maximum absolute atomic E-state index is 13.0. The number of thioether (sulfide) groups is 1. The molecule has 0 saturated heterocycles. The molecule has 5 N–H and O–H groups in total. The van der Waals surface area contributed by atoms with Crippen molar-refractivity contribution in [3.63, 3.8) is 0 Å². The molecule has 8 nitrogen and oxygen atoms in total. The Morgan fingerprint density at radius 2 is 1.51 bits per heavy atom. The van der Waals surface area contributed by atoms with Gasteiger partial charge in [0.25, 0.3) is 0 Å². The summed E-state index contributed by atoms with van der Waals surface area (Å²) >= 11 is 1.53. The van der Waals surface area contributed by atoms with E-state index in [0.717, 1.165) is 25.7 Å². The van der Waals surface area contributed by atoms with Crippen LogP contribution in [-0.4, -0.2) is 53.3 Å². The van der Waals surface area contributed by atoms with E-state index in [9.17, 15) is 19.2 Å². The van der Waals surface area contributed by atoms with Gasteiger partial charge in [-0.05, 0) is 80.6 Å². The molecular weight excluding hydrogens is 514 g/mol. The molecule has 0 radical (unpaired) electrons. The molecule has 0 rings (SSSR count). The first-order valence-electron chi connectivity index (χ1n) is 13.7. The third-order valence-corrected chi connectivity index (χ3v) is 6.78. The summed E-state index contributed by atoms with van der Waals surface area (Å²) < 4.78 is 5.33. The number of ketones is 1. The van der Waals surface area contributed by atoms with Crippen molar-refractivity contribution < 1.29 is 23.9 Å². The van der Waals surface area contributed by atoms with E-state index in [4.69, 9.17) is 16.2 Å². The van der Waals surface area contributed by atoms with Crippen LogP contribution < -0.4 is 16.8 Å². The molecule has 0 aliphatic carbocycles. The lowest BCUT2D eigenvalue weighted by atomic mass is 9.97. The summed E-state index contributed by atoms with van der Waals surface area (Å²) in [6.45, 7) is 13.5. The van der Waals surface area contributed by atoms with Crippen molar-refractivity contribution >= 4 is 35.3 Å². The number of allylic oxidation sites excluding steroid dienone is 5. The van der Waals surface area contributed by atoms with Gasteiger partial charge in [-0.2, -0.15) is 11.8 Å². The highest BCUT2D eigenvalue weighted by Crippen LogP contribution is 2.18. The zero-order valence-electron chi connectivity index (χ0n) is 25.1. The summed E-state index contributed by atoms with van der Waals surface area (Å²) in [6.07, 6.45) is 10.6. The number of Topliss-reactive ketones (excluding diaryl/α,β-unsaturated/α-hetero) is 1. The maximum atomic E-state index is 13.0. The third kappa shape index (κ3) is 20.2. The van der Waals surface area contributed by atoms with Crippen molar-refractivity contribution in [3.8, 4) is 0 Å². The van der Waals surface area contributed by atoms with E-state index >= 15 is 0 Å². The lowest BCUT2D eigenvalue weighted by Gasteiger charge is -2.23. The SMILES string of the molecule is CC(C)=CCC/C(C)=C/CC/C(C)=C/CSC[C@H](NC(=O)[C@@H](CCC(N)=O)CC(=O)OC(C)(C)C)C(=O)CN. The van der Waals surface area contributed by atoms with Gasteiger partial charge in [-0.15, -0.1) is 0 Å². The van der Waals surface area contributed by atoms with Gasteiger partial charge in [0.2, 0.25) is 11.8 Å². The van der Waals surface area contributed by atoms with E-state index < -0.39 is 35.3 Å². The highest BCUT2D eigenvalue weighted by Gasteiger charge is 2.29. The molecule has 0 fully saturated rings. The first kappa shape index (κ1) is 36.6. The molecule has 0 aliphatic rings. The third-order valence-electron chi connectivity index (χ3n) is 5.81. The number of nitrogens with two attached hydrogens (primary N) is 2. The van der Waals surface area contributed by atoms with E-state index in [1.54, 1.807) is 20.8 Å². The van der Waals surface area contributed by atoms with E-state index in [-0.39, 0.29) is 31.6 Å². The molecule has 0 aromatic rings. The molecule has 222 valence electrons. The minimum Gasteiger partial charge on any atom is -0.460 e. The molecule has 0 aromatic carbocycles.